The number of hydrogen-bond acceptors (Lipinski definition) is 4. The van der Waals surface area contributed by atoms with E-state index in [9.17, 15) is 9.59 Å². The van der Waals surface area contributed by atoms with Crippen LogP contribution in [0.5, 0.6) is 0 Å². The van der Waals surface area contributed by atoms with Gasteiger partial charge in [-0.15, -0.1) is 0 Å². The lowest BCUT2D eigenvalue weighted by Crippen LogP contribution is -2.42. The Kier molecular flexibility index (Phi) is 5.75. The smallest absolute Gasteiger partial charge is 0.324 e. The minimum atomic E-state index is -2.20. The minimum absolute atomic E-state index is 0.0543. The van der Waals surface area contributed by atoms with Crippen molar-refractivity contribution in [1.29, 1.82) is 0 Å². The maximum Gasteiger partial charge on any atom is 0.324 e. The van der Waals surface area contributed by atoms with Gasteiger partial charge < -0.3 is 4.43 Å². The number of aryl methyl sites for hydroxylation is 1. The van der Waals surface area contributed by atoms with Crippen LogP contribution >= 0.6 is 22.6 Å². The summed E-state index contributed by atoms with van der Waals surface area (Å²) in [5.41, 5.74) is 1.71. The van der Waals surface area contributed by atoms with Gasteiger partial charge in [0.25, 0.3) is 13.9 Å². The Balaban J connectivity index is 1.97. The summed E-state index contributed by atoms with van der Waals surface area (Å²) in [5.74, 6) is 0.277. The molecule has 2 aromatic carbocycles. The Morgan fingerprint density at radius 3 is 2.31 bits per heavy atom. The zero-order valence-electron chi connectivity index (χ0n) is 17.5. The van der Waals surface area contributed by atoms with Gasteiger partial charge in [0.05, 0.1) is 22.2 Å². The van der Waals surface area contributed by atoms with Crippen LogP contribution < -0.4 is 5.56 Å². The lowest BCUT2D eigenvalue weighted by molar-refractivity contribution is 0.0712. The number of aromatic nitrogens is 2. The molecule has 5 nitrogen and oxygen atoms in total. The quantitative estimate of drug-likeness (QED) is 0.340. The van der Waals surface area contributed by atoms with E-state index >= 15 is 0 Å². The third-order valence-corrected chi connectivity index (χ3v) is 10.5. The SMILES string of the molecule is Cc1nc2ccc(I)cc2c(=O)n1-c1ccc(C(=O)O[Si](C)(C)C(C)(C)C)cc1. The van der Waals surface area contributed by atoms with Gasteiger partial charge in [-0.05, 0) is 90.1 Å². The third kappa shape index (κ3) is 4.30. The fourth-order valence-corrected chi connectivity index (χ4v) is 4.14. The lowest BCUT2D eigenvalue weighted by Gasteiger charge is -2.35. The highest BCUT2D eigenvalue weighted by Crippen LogP contribution is 2.37. The standard InChI is InChI=1S/C22H25IN2O3Si/c1-14-24-19-12-9-16(23)13-18(19)20(26)25(14)17-10-7-15(8-11-17)21(27)28-29(5,6)22(2,3)4/h7-13H,1-6H3. The van der Waals surface area contributed by atoms with Gasteiger partial charge in [0.2, 0.25) is 0 Å². The summed E-state index contributed by atoms with van der Waals surface area (Å²) in [5, 5.41) is 0.519. The van der Waals surface area contributed by atoms with Crippen LogP contribution in [0.2, 0.25) is 18.1 Å². The summed E-state index contributed by atoms with van der Waals surface area (Å²) >= 11 is 2.18. The van der Waals surface area contributed by atoms with Crippen LogP contribution in [0.25, 0.3) is 16.6 Å². The van der Waals surface area contributed by atoms with Crippen molar-refractivity contribution >= 4 is 47.8 Å². The van der Waals surface area contributed by atoms with Gasteiger partial charge in [-0.1, -0.05) is 20.8 Å². The van der Waals surface area contributed by atoms with E-state index in [1.54, 1.807) is 35.8 Å². The van der Waals surface area contributed by atoms with Crippen molar-refractivity contribution in [3.8, 4) is 5.69 Å². The van der Waals surface area contributed by atoms with Gasteiger partial charge in [-0.3, -0.25) is 9.36 Å². The molecule has 0 aliphatic rings. The molecule has 0 atom stereocenters. The number of hydrogen-bond donors (Lipinski definition) is 0. The highest BCUT2D eigenvalue weighted by Gasteiger charge is 2.40. The predicted molar refractivity (Wildman–Crippen MR) is 127 cm³/mol. The summed E-state index contributed by atoms with van der Waals surface area (Å²) in [7, 11) is -2.20. The van der Waals surface area contributed by atoms with Crippen molar-refractivity contribution in [1.82, 2.24) is 9.55 Å². The van der Waals surface area contributed by atoms with Crippen molar-refractivity contribution < 1.29 is 9.22 Å². The number of benzene rings is 2. The summed E-state index contributed by atoms with van der Waals surface area (Å²) in [6.07, 6.45) is 0. The monoisotopic (exact) mass is 520 g/mol. The van der Waals surface area contributed by atoms with E-state index in [0.717, 1.165) is 3.57 Å². The van der Waals surface area contributed by atoms with E-state index in [1.165, 1.54) is 0 Å². The molecule has 7 heteroatoms. The van der Waals surface area contributed by atoms with Crippen molar-refractivity contribution in [2.24, 2.45) is 0 Å². The maximum absolute atomic E-state index is 13.1. The molecule has 0 unspecified atom stereocenters. The van der Waals surface area contributed by atoms with E-state index in [1.807, 2.05) is 31.3 Å². The van der Waals surface area contributed by atoms with Gasteiger partial charge in [-0.25, -0.2) is 9.78 Å². The second-order valence-corrected chi connectivity index (χ2v) is 14.6. The zero-order valence-corrected chi connectivity index (χ0v) is 20.7. The van der Waals surface area contributed by atoms with Crippen molar-refractivity contribution in [3.63, 3.8) is 0 Å². The summed E-state index contributed by atoms with van der Waals surface area (Å²) in [4.78, 5) is 30.2. The largest absolute Gasteiger partial charge is 0.516 e. The van der Waals surface area contributed by atoms with Gasteiger partial charge in [0.15, 0.2) is 0 Å². The fourth-order valence-electron chi connectivity index (χ4n) is 2.76. The number of nitrogens with zero attached hydrogens (tertiary/aromatic N) is 2. The minimum Gasteiger partial charge on any atom is -0.516 e. The zero-order chi connectivity index (χ0) is 21.6. The first-order valence-corrected chi connectivity index (χ1v) is 13.4. The summed E-state index contributed by atoms with van der Waals surface area (Å²) < 4.78 is 8.42. The van der Waals surface area contributed by atoms with E-state index in [-0.39, 0.29) is 16.6 Å². The van der Waals surface area contributed by atoms with E-state index < -0.39 is 8.32 Å². The highest BCUT2D eigenvalue weighted by molar-refractivity contribution is 14.1. The molecule has 0 aliphatic carbocycles. The molecule has 152 valence electrons. The van der Waals surface area contributed by atoms with E-state index in [0.29, 0.717) is 28.0 Å². The highest BCUT2D eigenvalue weighted by atomic mass is 127. The van der Waals surface area contributed by atoms with E-state index in [4.69, 9.17) is 4.43 Å². The van der Waals surface area contributed by atoms with Crippen molar-refractivity contribution in [3.05, 3.63) is 67.8 Å². The third-order valence-electron chi connectivity index (χ3n) is 5.51. The second-order valence-electron chi connectivity index (χ2n) is 8.66. The Morgan fingerprint density at radius 2 is 1.72 bits per heavy atom. The van der Waals surface area contributed by atoms with Crippen molar-refractivity contribution in [2.45, 2.75) is 45.8 Å². The number of fused-ring (bicyclic) bond motifs is 1. The molecule has 3 rings (SSSR count). The lowest BCUT2D eigenvalue weighted by atomic mass is 10.2. The average Bonchev–Trinajstić information content (AvgIpc) is 2.62. The molecule has 0 bridgehead atoms. The molecule has 0 saturated heterocycles. The van der Waals surface area contributed by atoms with Crippen LogP contribution in [0.4, 0.5) is 0 Å². The van der Waals surface area contributed by atoms with Gasteiger partial charge >= 0.3 is 5.97 Å². The van der Waals surface area contributed by atoms with Gasteiger partial charge in [0, 0.05) is 3.57 Å². The van der Waals surface area contributed by atoms with Crippen LogP contribution in [-0.2, 0) is 4.43 Å². The maximum atomic E-state index is 13.1. The number of halogens is 1. The first kappa shape index (κ1) is 21.7. The fraction of sp³-hybridized carbons (Fsp3) is 0.318. The molecule has 0 radical (unpaired) electrons. The molecular weight excluding hydrogens is 495 g/mol. The average molecular weight is 520 g/mol. The molecule has 3 aromatic rings. The molecular formula is C22H25IN2O3Si. The van der Waals surface area contributed by atoms with Crippen LogP contribution in [-0.4, -0.2) is 23.8 Å². The Hall–Kier alpha value is -2.00. The Labute approximate surface area is 185 Å². The molecule has 0 spiro atoms. The topological polar surface area (TPSA) is 61.2 Å². The molecule has 0 N–H and O–H groups in total. The number of carbonyl (C=O) groups is 1. The van der Waals surface area contributed by atoms with Crippen LogP contribution in [0.3, 0.4) is 0 Å². The summed E-state index contributed by atoms with van der Waals surface area (Å²) in [6, 6.07) is 12.6. The molecule has 0 amide bonds. The molecule has 0 saturated carbocycles. The molecule has 0 fully saturated rings. The van der Waals surface area contributed by atoms with Gasteiger partial charge in [-0.2, -0.15) is 0 Å². The van der Waals surface area contributed by atoms with Crippen LogP contribution in [0, 0.1) is 10.5 Å². The Morgan fingerprint density at radius 1 is 1.10 bits per heavy atom. The predicted octanol–water partition coefficient (Wildman–Crippen LogP) is 5.46. The molecule has 1 heterocycles. The number of rotatable bonds is 3. The number of carbonyl (C=O) groups excluding carboxylic acids is 1. The first-order valence-electron chi connectivity index (χ1n) is 9.43. The molecule has 1 aromatic heterocycles. The van der Waals surface area contributed by atoms with E-state index in [2.05, 4.69) is 48.3 Å². The van der Waals surface area contributed by atoms with Crippen LogP contribution in [0.1, 0.15) is 37.0 Å². The van der Waals surface area contributed by atoms with Gasteiger partial charge in [0.1, 0.15) is 5.82 Å². The first-order chi connectivity index (χ1) is 13.4. The summed E-state index contributed by atoms with van der Waals surface area (Å²) in [6.45, 7) is 12.2. The van der Waals surface area contributed by atoms with Crippen LogP contribution in [0.15, 0.2) is 47.3 Å². The molecule has 29 heavy (non-hydrogen) atoms. The molecule has 0 aliphatic heterocycles. The van der Waals surface area contributed by atoms with Crippen molar-refractivity contribution in [2.75, 3.05) is 0 Å². The Bertz CT molecular complexity index is 1150. The second kappa shape index (κ2) is 7.68. The normalized spacial score (nSPS) is 12.2.